The van der Waals surface area contributed by atoms with Crippen molar-refractivity contribution in [3.8, 4) is 0 Å². The predicted octanol–water partition coefficient (Wildman–Crippen LogP) is 7.22. The van der Waals surface area contributed by atoms with E-state index in [-0.39, 0.29) is 23.2 Å². The number of fused-ring (bicyclic) bond motifs is 5. The van der Waals surface area contributed by atoms with Gasteiger partial charge in [0.25, 0.3) is 0 Å². The van der Waals surface area contributed by atoms with Gasteiger partial charge in [-0.25, -0.2) is 0 Å². The van der Waals surface area contributed by atoms with E-state index in [1.807, 2.05) is 0 Å². The molecule has 4 aliphatic carbocycles. The third-order valence-corrected chi connectivity index (χ3v) is 10.5. The standard InChI is InChI=1S/C27H44O3/c1-16(2)7-6-8-17(3)20-11-12-21-19-10-9-18-15-23(28)24(29)25(30)27(18,5)22(19)13-14-26(20,21)4/h16-22,28-29H,6-15H2,1-5H3/t17-,18?,19+,20-,21+,22+,26-,27+/m1/s1. The third-order valence-electron chi connectivity index (χ3n) is 10.5. The molecule has 0 aliphatic heterocycles. The summed E-state index contributed by atoms with van der Waals surface area (Å²) >= 11 is 0. The van der Waals surface area contributed by atoms with Crippen LogP contribution in [0.2, 0.25) is 0 Å². The van der Waals surface area contributed by atoms with Crippen LogP contribution in [0.3, 0.4) is 0 Å². The Morgan fingerprint density at radius 2 is 1.70 bits per heavy atom. The van der Waals surface area contributed by atoms with Gasteiger partial charge in [-0.3, -0.25) is 4.79 Å². The van der Waals surface area contributed by atoms with Crippen molar-refractivity contribution in [2.75, 3.05) is 0 Å². The number of carbonyl (C=O) groups is 1. The lowest BCUT2D eigenvalue weighted by molar-refractivity contribution is -0.153. The summed E-state index contributed by atoms with van der Waals surface area (Å²) in [6.07, 6.45) is 11.8. The summed E-state index contributed by atoms with van der Waals surface area (Å²) in [5.74, 6) is 3.72. The number of hydrogen-bond donors (Lipinski definition) is 2. The first kappa shape index (κ1) is 22.2. The van der Waals surface area contributed by atoms with Gasteiger partial charge in [0.1, 0.15) is 5.76 Å². The quantitative estimate of drug-likeness (QED) is 0.497. The van der Waals surface area contributed by atoms with Gasteiger partial charge in [-0.15, -0.1) is 0 Å². The molecule has 8 atom stereocenters. The monoisotopic (exact) mass is 416 g/mol. The molecule has 0 aromatic heterocycles. The largest absolute Gasteiger partial charge is 0.508 e. The Hall–Kier alpha value is -0.990. The van der Waals surface area contributed by atoms with E-state index in [1.165, 1.54) is 44.9 Å². The normalized spacial score (nSPS) is 44.6. The first-order valence-corrected chi connectivity index (χ1v) is 12.8. The van der Waals surface area contributed by atoms with Crippen LogP contribution in [0.4, 0.5) is 0 Å². The van der Waals surface area contributed by atoms with Crippen LogP contribution in [-0.4, -0.2) is 16.0 Å². The molecule has 0 heterocycles. The minimum Gasteiger partial charge on any atom is -0.508 e. The lowest BCUT2D eigenvalue weighted by Crippen LogP contribution is -2.56. The maximum absolute atomic E-state index is 13.2. The first-order valence-electron chi connectivity index (χ1n) is 12.8. The maximum atomic E-state index is 13.2. The molecule has 0 radical (unpaired) electrons. The Morgan fingerprint density at radius 1 is 0.967 bits per heavy atom. The number of Topliss-reactive ketones (excluding diaryl/α,β-unsaturated/α-hetero) is 1. The molecule has 0 bridgehead atoms. The number of ketones is 1. The highest BCUT2D eigenvalue weighted by Gasteiger charge is 2.63. The fraction of sp³-hybridized carbons (Fsp3) is 0.889. The highest BCUT2D eigenvalue weighted by molar-refractivity contribution is 5.99. The summed E-state index contributed by atoms with van der Waals surface area (Å²) < 4.78 is 0. The van der Waals surface area contributed by atoms with Gasteiger partial charge >= 0.3 is 0 Å². The van der Waals surface area contributed by atoms with Crippen molar-refractivity contribution in [3.05, 3.63) is 11.5 Å². The lowest BCUT2D eigenvalue weighted by atomic mass is 9.44. The fourth-order valence-corrected chi connectivity index (χ4v) is 8.84. The topological polar surface area (TPSA) is 57.5 Å². The van der Waals surface area contributed by atoms with Crippen molar-refractivity contribution in [3.63, 3.8) is 0 Å². The molecular weight excluding hydrogens is 372 g/mol. The Labute approximate surface area is 183 Å². The van der Waals surface area contributed by atoms with E-state index in [2.05, 4.69) is 34.6 Å². The molecule has 3 saturated carbocycles. The Bertz CT molecular complexity index is 709. The summed E-state index contributed by atoms with van der Waals surface area (Å²) in [6.45, 7) is 11.8. The van der Waals surface area contributed by atoms with Gasteiger partial charge in [-0.2, -0.15) is 0 Å². The van der Waals surface area contributed by atoms with Crippen LogP contribution in [0.15, 0.2) is 11.5 Å². The zero-order chi connectivity index (χ0) is 21.8. The molecule has 0 aromatic carbocycles. The van der Waals surface area contributed by atoms with Crippen LogP contribution in [0.5, 0.6) is 0 Å². The van der Waals surface area contributed by atoms with E-state index >= 15 is 0 Å². The summed E-state index contributed by atoms with van der Waals surface area (Å²) in [6, 6.07) is 0. The minimum atomic E-state index is -0.485. The van der Waals surface area contributed by atoms with Crippen molar-refractivity contribution in [2.24, 2.45) is 52.3 Å². The first-order chi connectivity index (χ1) is 14.1. The number of carbonyl (C=O) groups excluding carboxylic acids is 1. The number of aliphatic hydroxyl groups is 2. The van der Waals surface area contributed by atoms with Gasteiger partial charge in [0.05, 0.1) is 0 Å². The van der Waals surface area contributed by atoms with Crippen molar-refractivity contribution >= 4 is 5.78 Å². The number of rotatable bonds is 5. The average Bonchev–Trinajstić information content (AvgIpc) is 3.04. The fourth-order valence-electron chi connectivity index (χ4n) is 8.84. The van der Waals surface area contributed by atoms with Gasteiger partial charge in [-0.1, -0.05) is 53.9 Å². The van der Waals surface area contributed by atoms with Crippen LogP contribution in [-0.2, 0) is 4.79 Å². The minimum absolute atomic E-state index is 0.0716. The SMILES string of the molecule is CC(C)CCC[C@@H](C)[C@H]1CC[C@H]2[C@@H]3CCC4CC(O)=C(O)C(=O)[C@]4(C)[C@H]3CC[C@]12C. The predicted molar refractivity (Wildman–Crippen MR) is 121 cm³/mol. The molecule has 4 aliphatic rings. The van der Waals surface area contributed by atoms with Crippen molar-refractivity contribution in [1.29, 1.82) is 0 Å². The number of aliphatic hydroxyl groups excluding tert-OH is 2. The maximum Gasteiger partial charge on any atom is 0.207 e. The second-order valence-corrected chi connectivity index (χ2v) is 12.3. The Kier molecular flexibility index (Phi) is 5.81. The van der Waals surface area contributed by atoms with Gasteiger partial charge < -0.3 is 10.2 Å². The van der Waals surface area contributed by atoms with E-state index in [0.29, 0.717) is 23.7 Å². The van der Waals surface area contributed by atoms with E-state index in [1.54, 1.807) is 0 Å². The molecule has 0 spiro atoms. The molecular formula is C27H44O3. The molecule has 2 N–H and O–H groups in total. The Morgan fingerprint density at radius 3 is 2.40 bits per heavy atom. The van der Waals surface area contributed by atoms with Crippen LogP contribution in [0.25, 0.3) is 0 Å². The van der Waals surface area contributed by atoms with Gasteiger partial charge in [0.15, 0.2) is 5.76 Å². The van der Waals surface area contributed by atoms with Crippen molar-refractivity contribution in [2.45, 2.75) is 98.8 Å². The summed E-state index contributed by atoms with van der Waals surface area (Å²) in [4.78, 5) is 13.2. The average molecular weight is 417 g/mol. The molecule has 0 saturated heterocycles. The van der Waals surface area contributed by atoms with Crippen molar-refractivity contribution in [1.82, 2.24) is 0 Å². The van der Waals surface area contributed by atoms with Gasteiger partial charge in [-0.05, 0) is 85.4 Å². The smallest absolute Gasteiger partial charge is 0.207 e. The molecule has 3 fully saturated rings. The molecule has 170 valence electrons. The van der Waals surface area contributed by atoms with Crippen LogP contribution >= 0.6 is 0 Å². The summed E-state index contributed by atoms with van der Waals surface area (Å²) in [7, 11) is 0. The summed E-state index contributed by atoms with van der Waals surface area (Å²) in [5, 5.41) is 20.4. The van der Waals surface area contributed by atoms with Crippen LogP contribution in [0, 0.1) is 52.3 Å². The van der Waals surface area contributed by atoms with Gasteiger partial charge in [0.2, 0.25) is 5.78 Å². The van der Waals surface area contributed by atoms with Crippen LogP contribution < -0.4 is 0 Å². The molecule has 3 nitrogen and oxygen atoms in total. The third kappa shape index (κ3) is 3.25. The summed E-state index contributed by atoms with van der Waals surface area (Å²) in [5.41, 5.74) is -0.0686. The second-order valence-electron chi connectivity index (χ2n) is 12.3. The van der Waals surface area contributed by atoms with E-state index < -0.39 is 5.41 Å². The molecule has 4 rings (SSSR count). The lowest BCUT2D eigenvalue weighted by Gasteiger charge is -2.59. The zero-order valence-corrected chi connectivity index (χ0v) is 19.9. The molecule has 3 heteroatoms. The van der Waals surface area contributed by atoms with Crippen LogP contribution in [0.1, 0.15) is 98.8 Å². The van der Waals surface area contributed by atoms with E-state index in [0.717, 1.165) is 36.5 Å². The van der Waals surface area contributed by atoms with Crippen molar-refractivity contribution < 1.29 is 15.0 Å². The molecule has 1 unspecified atom stereocenters. The molecule has 0 amide bonds. The number of allylic oxidation sites excluding steroid dienone is 2. The zero-order valence-electron chi connectivity index (χ0n) is 19.9. The highest BCUT2D eigenvalue weighted by Crippen LogP contribution is 2.68. The van der Waals surface area contributed by atoms with E-state index in [9.17, 15) is 15.0 Å². The highest BCUT2D eigenvalue weighted by atomic mass is 16.3. The number of hydrogen-bond acceptors (Lipinski definition) is 3. The Balaban J connectivity index is 1.53. The van der Waals surface area contributed by atoms with E-state index in [4.69, 9.17) is 0 Å². The molecule has 30 heavy (non-hydrogen) atoms. The molecule has 0 aromatic rings. The van der Waals surface area contributed by atoms with Gasteiger partial charge in [0, 0.05) is 11.8 Å². The second kappa shape index (κ2) is 7.85.